The first-order chi connectivity index (χ1) is 10.2. The molecular weight excluding hydrogens is 306 g/mol. The molecule has 5 nitrogen and oxygen atoms in total. The van der Waals surface area contributed by atoms with E-state index in [1.807, 2.05) is 6.07 Å². The van der Waals surface area contributed by atoms with E-state index < -0.39 is 23.7 Å². The van der Waals surface area contributed by atoms with Gasteiger partial charge in [-0.15, -0.1) is 0 Å². The van der Waals surface area contributed by atoms with Gasteiger partial charge in [0.2, 0.25) is 0 Å². The number of esters is 1. The molecule has 120 valence electrons. The van der Waals surface area contributed by atoms with Gasteiger partial charge in [0.15, 0.2) is 0 Å². The molecule has 2 rings (SSSR count). The van der Waals surface area contributed by atoms with Gasteiger partial charge in [0, 0.05) is 6.42 Å². The smallest absolute Gasteiger partial charge is 0.415 e. The highest BCUT2D eigenvalue weighted by Gasteiger charge is 2.42. The van der Waals surface area contributed by atoms with Gasteiger partial charge in [0.05, 0.1) is 17.3 Å². The number of nitrogens with zero attached hydrogens (tertiary/aromatic N) is 1. The first-order valence-corrected chi connectivity index (χ1v) is 7.58. The first kappa shape index (κ1) is 16.6. The van der Waals surface area contributed by atoms with Crippen LogP contribution in [-0.4, -0.2) is 30.3 Å². The van der Waals surface area contributed by atoms with Crippen molar-refractivity contribution in [1.29, 1.82) is 0 Å². The number of carbonyl (C=O) groups is 2. The van der Waals surface area contributed by atoms with Crippen LogP contribution in [0.25, 0.3) is 0 Å². The van der Waals surface area contributed by atoms with Gasteiger partial charge in [0.25, 0.3) is 0 Å². The van der Waals surface area contributed by atoms with Gasteiger partial charge in [-0.3, -0.25) is 4.90 Å². The van der Waals surface area contributed by atoms with Crippen molar-refractivity contribution < 1.29 is 19.1 Å². The molecule has 6 heteroatoms. The summed E-state index contributed by atoms with van der Waals surface area (Å²) in [5.74, 6) is -0.458. The highest BCUT2D eigenvalue weighted by atomic mass is 35.5. The summed E-state index contributed by atoms with van der Waals surface area (Å²) in [7, 11) is 0. The standard InChI is InChI=1S/C16H20ClNO4/c1-5-21-14(19)12-9-10-7-6-8-11(17)13(10)18(12)15(20)22-16(2,3)4/h6-8,12H,5,9H2,1-4H3/t12-/m0/s1. The van der Waals surface area contributed by atoms with Crippen molar-refractivity contribution in [3.63, 3.8) is 0 Å². The summed E-state index contributed by atoms with van der Waals surface area (Å²) in [6.45, 7) is 7.29. The molecule has 1 aliphatic heterocycles. The molecule has 0 bridgehead atoms. The van der Waals surface area contributed by atoms with Gasteiger partial charge in [-0.05, 0) is 39.3 Å². The van der Waals surface area contributed by atoms with Crippen LogP contribution in [0.3, 0.4) is 0 Å². The van der Waals surface area contributed by atoms with E-state index in [0.29, 0.717) is 17.1 Å². The summed E-state index contributed by atoms with van der Waals surface area (Å²) < 4.78 is 10.5. The lowest BCUT2D eigenvalue weighted by atomic mass is 10.1. The summed E-state index contributed by atoms with van der Waals surface area (Å²) in [6, 6.07) is 4.58. The second-order valence-corrected chi connectivity index (χ2v) is 6.48. The second-order valence-electron chi connectivity index (χ2n) is 6.07. The zero-order valence-electron chi connectivity index (χ0n) is 13.2. The summed E-state index contributed by atoms with van der Waals surface area (Å²) >= 11 is 6.23. The van der Waals surface area contributed by atoms with Crippen LogP contribution in [0.4, 0.5) is 10.5 Å². The zero-order valence-corrected chi connectivity index (χ0v) is 13.9. The number of anilines is 1. The minimum atomic E-state index is -0.746. The maximum atomic E-state index is 12.5. The van der Waals surface area contributed by atoms with E-state index in [9.17, 15) is 9.59 Å². The van der Waals surface area contributed by atoms with Crippen LogP contribution in [-0.2, 0) is 20.7 Å². The molecule has 0 aromatic heterocycles. The first-order valence-electron chi connectivity index (χ1n) is 7.21. The number of fused-ring (bicyclic) bond motifs is 1. The molecule has 1 aliphatic rings. The minimum Gasteiger partial charge on any atom is -0.464 e. The third-order valence-electron chi connectivity index (χ3n) is 3.19. The van der Waals surface area contributed by atoms with Crippen molar-refractivity contribution in [2.24, 2.45) is 0 Å². The normalized spacial score (nSPS) is 17.1. The topological polar surface area (TPSA) is 55.8 Å². The van der Waals surface area contributed by atoms with Gasteiger partial charge in [-0.2, -0.15) is 0 Å². The van der Waals surface area contributed by atoms with Gasteiger partial charge < -0.3 is 9.47 Å². The maximum Gasteiger partial charge on any atom is 0.415 e. The number of ether oxygens (including phenoxy) is 2. The fraction of sp³-hybridized carbons (Fsp3) is 0.500. The monoisotopic (exact) mass is 325 g/mol. The average molecular weight is 326 g/mol. The van der Waals surface area contributed by atoms with Gasteiger partial charge in [-0.25, -0.2) is 9.59 Å². The van der Waals surface area contributed by atoms with Crippen LogP contribution < -0.4 is 4.90 Å². The van der Waals surface area contributed by atoms with E-state index in [2.05, 4.69) is 0 Å². The predicted molar refractivity (Wildman–Crippen MR) is 84.3 cm³/mol. The maximum absolute atomic E-state index is 12.5. The molecular formula is C16H20ClNO4. The Bertz CT molecular complexity index is 594. The van der Waals surface area contributed by atoms with Crippen molar-refractivity contribution >= 4 is 29.4 Å². The van der Waals surface area contributed by atoms with E-state index in [-0.39, 0.29) is 6.61 Å². The fourth-order valence-electron chi connectivity index (χ4n) is 2.41. The molecule has 1 aromatic carbocycles. The molecule has 22 heavy (non-hydrogen) atoms. The molecule has 1 aromatic rings. The Labute approximate surface area is 135 Å². The molecule has 0 aliphatic carbocycles. The lowest BCUT2D eigenvalue weighted by Crippen LogP contribution is -2.46. The molecule has 0 fully saturated rings. The Morgan fingerprint density at radius 2 is 2.05 bits per heavy atom. The summed E-state index contributed by atoms with van der Waals surface area (Å²) in [6.07, 6.45) is -0.231. The fourth-order valence-corrected chi connectivity index (χ4v) is 2.69. The molecule has 0 unspecified atom stereocenters. The Hall–Kier alpha value is -1.75. The second kappa shape index (κ2) is 6.16. The molecule has 0 saturated carbocycles. The molecule has 0 radical (unpaired) electrons. The number of rotatable bonds is 2. The SMILES string of the molecule is CCOC(=O)[C@@H]1Cc2cccc(Cl)c2N1C(=O)OC(C)(C)C. The summed E-state index contributed by atoms with van der Waals surface area (Å²) in [5, 5.41) is 0.412. The van der Waals surface area contributed by atoms with Crippen LogP contribution in [0.1, 0.15) is 33.3 Å². The van der Waals surface area contributed by atoms with E-state index in [4.69, 9.17) is 21.1 Å². The number of benzene rings is 1. The van der Waals surface area contributed by atoms with Crippen LogP contribution in [0, 0.1) is 0 Å². The number of carbonyl (C=O) groups excluding carboxylic acids is 2. The minimum absolute atomic E-state index is 0.252. The van der Waals surface area contributed by atoms with Crippen LogP contribution in [0.5, 0.6) is 0 Å². The van der Waals surface area contributed by atoms with Gasteiger partial charge >= 0.3 is 12.1 Å². The Balaban J connectivity index is 2.39. The molecule has 0 spiro atoms. The van der Waals surface area contributed by atoms with Crippen molar-refractivity contribution in [3.05, 3.63) is 28.8 Å². The van der Waals surface area contributed by atoms with E-state index >= 15 is 0 Å². The molecule has 1 heterocycles. The van der Waals surface area contributed by atoms with Crippen molar-refractivity contribution in [2.75, 3.05) is 11.5 Å². The van der Waals surface area contributed by atoms with Crippen molar-refractivity contribution in [3.8, 4) is 0 Å². The van der Waals surface area contributed by atoms with Crippen molar-refractivity contribution in [2.45, 2.75) is 45.8 Å². The molecule has 1 amide bonds. The largest absolute Gasteiger partial charge is 0.464 e. The summed E-state index contributed by atoms with van der Waals surface area (Å²) in [5.41, 5.74) is 0.688. The number of halogens is 1. The van der Waals surface area contributed by atoms with E-state index in [1.54, 1.807) is 39.8 Å². The number of hydrogen-bond donors (Lipinski definition) is 0. The Kier molecular flexibility index (Phi) is 4.66. The molecule has 0 saturated heterocycles. The quantitative estimate of drug-likeness (QED) is 0.780. The number of hydrogen-bond acceptors (Lipinski definition) is 4. The van der Waals surface area contributed by atoms with Crippen LogP contribution >= 0.6 is 11.6 Å². The lowest BCUT2D eigenvalue weighted by Gasteiger charge is -2.28. The Morgan fingerprint density at radius 3 is 2.64 bits per heavy atom. The van der Waals surface area contributed by atoms with Crippen molar-refractivity contribution in [1.82, 2.24) is 0 Å². The average Bonchev–Trinajstić information content (AvgIpc) is 2.78. The number of para-hydroxylation sites is 1. The third kappa shape index (κ3) is 3.35. The number of amides is 1. The summed E-state index contributed by atoms with van der Waals surface area (Å²) in [4.78, 5) is 26.0. The lowest BCUT2D eigenvalue weighted by molar-refractivity contribution is -0.144. The molecule has 1 atom stereocenters. The zero-order chi connectivity index (χ0) is 16.5. The molecule has 0 N–H and O–H groups in total. The third-order valence-corrected chi connectivity index (χ3v) is 3.49. The van der Waals surface area contributed by atoms with Crippen LogP contribution in [0.15, 0.2) is 18.2 Å². The Morgan fingerprint density at radius 1 is 1.36 bits per heavy atom. The van der Waals surface area contributed by atoms with E-state index in [1.165, 1.54) is 4.90 Å². The highest BCUT2D eigenvalue weighted by molar-refractivity contribution is 6.34. The van der Waals surface area contributed by atoms with E-state index in [0.717, 1.165) is 5.56 Å². The highest BCUT2D eigenvalue weighted by Crippen LogP contribution is 2.39. The van der Waals surface area contributed by atoms with Gasteiger partial charge in [-0.1, -0.05) is 23.7 Å². The predicted octanol–water partition coefficient (Wildman–Crippen LogP) is 3.57. The van der Waals surface area contributed by atoms with Crippen LogP contribution in [0.2, 0.25) is 5.02 Å². The van der Waals surface area contributed by atoms with Gasteiger partial charge in [0.1, 0.15) is 11.6 Å².